The van der Waals surface area contributed by atoms with E-state index >= 15 is 0 Å². The van der Waals surface area contributed by atoms with Crippen molar-refractivity contribution >= 4 is 29.5 Å². The summed E-state index contributed by atoms with van der Waals surface area (Å²) in [6, 6.07) is 0. The molecule has 1 aromatic carbocycles. The minimum absolute atomic E-state index is 0.0115. The van der Waals surface area contributed by atoms with Crippen molar-refractivity contribution in [2.45, 2.75) is 13.3 Å². The molecule has 0 bridgehead atoms. The zero-order valence-corrected chi connectivity index (χ0v) is 8.85. The first-order valence-corrected chi connectivity index (χ1v) is 4.67. The maximum atomic E-state index is 10.7. The second-order valence-corrected chi connectivity index (χ2v) is 3.44. The molecule has 0 saturated carbocycles. The fourth-order valence-electron chi connectivity index (χ4n) is 1.20. The van der Waals surface area contributed by atoms with Crippen molar-refractivity contribution in [1.29, 1.82) is 0 Å². The number of aldehydes is 1. The van der Waals surface area contributed by atoms with E-state index in [1.54, 1.807) is 6.92 Å². The van der Waals surface area contributed by atoms with Crippen LogP contribution in [0.2, 0.25) is 10.0 Å². The molecule has 0 radical (unpaired) electrons. The van der Waals surface area contributed by atoms with Crippen molar-refractivity contribution in [2.24, 2.45) is 0 Å². The molecule has 1 rings (SSSR count). The molecule has 0 aliphatic carbocycles. The molecule has 0 saturated heterocycles. The molecule has 0 amide bonds. The molecule has 0 atom stereocenters. The van der Waals surface area contributed by atoms with E-state index in [-0.39, 0.29) is 15.6 Å². The van der Waals surface area contributed by atoms with Crippen LogP contribution in [0.15, 0.2) is 0 Å². The second kappa shape index (κ2) is 4.07. The first-order valence-electron chi connectivity index (χ1n) is 3.91. The standard InChI is InChI=1S/C9H8Cl2O3/c1-2-4-5(3-12)8(13)7(11)9(14)6(4)10/h3,13-14H,2H2,1H3. The fraction of sp³-hybridized carbons (Fsp3) is 0.222. The third-order valence-electron chi connectivity index (χ3n) is 1.94. The van der Waals surface area contributed by atoms with Crippen molar-refractivity contribution in [3.8, 4) is 11.5 Å². The Morgan fingerprint density at radius 1 is 1.21 bits per heavy atom. The van der Waals surface area contributed by atoms with Gasteiger partial charge in [-0.2, -0.15) is 0 Å². The van der Waals surface area contributed by atoms with E-state index in [1.165, 1.54) is 0 Å². The number of phenolic OH excluding ortho intramolecular Hbond substituents is 2. The molecule has 3 nitrogen and oxygen atoms in total. The normalized spacial score (nSPS) is 10.2. The summed E-state index contributed by atoms with van der Waals surface area (Å²) in [7, 11) is 0. The predicted molar refractivity (Wildman–Crippen MR) is 54.6 cm³/mol. The van der Waals surface area contributed by atoms with Gasteiger partial charge in [0.2, 0.25) is 0 Å². The largest absolute Gasteiger partial charge is 0.505 e. The first kappa shape index (κ1) is 11.1. The summed E-state index contributed by atoms with van der Waals surface area (Å²) in [4.78, 5) is 10.7. The van der Waals surface area contributed by atoms with Gasteiger partial charge in [-0.1, -0.05) is 30.1 Å². The summed E-state index contributed by atoms with van der Waals surface area (Å²) in [6.07, 6.45) is 0.885. The van der Waals surface area contributed by atoms with E-state index in [0.717, 1.165) is 0 Å². The van der Waals surface area contributed by atoms with Crippen LogP contribution in [0.3, 0.4) is 0 Å². The molecule has 0 heterocycles. The number of hydrogen-bond acceptors (Lipinski definition) is 3. The number of carbonyl (C=O) groups is 1. The third kappa shape index (κ3) is 1.53. The summed E-state index contributed by atoms with van der Waals surface area (Å²) < 4.78 is 0. The molecule has 0 unspecified atom stereocenters. The molecule has 0 spiro atoms. The van der Waals surface area contributed by atoms with Gasteiger partial charge >= 0.3 is 0 Å². The SMILES string of the molecule is CCc1c(Cl)c(O)c(Cl)c(O)c1C=O. The topological polar surface area (TPSA) is 57.5 Å². The summed E-state index contributed by atoms with van der Waals surface area (Å²) in [5, 5.41) is 18.5. The molecular weight excluding hydrogens is 227 g/mol. The van der Waals surface area contributed by atoms with E-state index in [4.69, 9.17) is 23.2 Å². The van der Waals surface area contributed by atoms with Gasteiger partial charge in [-0.3, -0.25) is 4.79 Å². The van der Waals surface area contributed by atoms with Gasteiger partial charge in [-0.05, 0) is 12.0 Å². The lowest BCUT2D eigenvalue weighted by Gasteiger charge is -2.10. The van der Waals surface area contributed by atoms with Gasteiger partial charge in [0.1, 0.15) is 10.8 Å². The highest BCUT2D eigenvalue weighted by Gasteiger charge is 2.19. The highest BCUT2D eigenvalue weighted by Crippen LogP contribution is 2.43. The van der Waals surface area contributed by atoms with Crippen molar-refractivity contribution in [1.82, 2.24) is 0 Å². The summed E-state index contributed by atoms with van der Waals surface area (Å²) in [6.45, 7) is 1.75. The lowest BCUT2D eigenvalue weighted by atomic mass is 10.0. The molecule has 2 N–H and O–H groups in total. The number of carbonyl (C=O) groups excluding carboxylic acids is 1. The number of phenols is 2. The van der Waals surface area contributed by atoms with Crippen LogP contribution in [0.25, 0.3) is 0 Å². The Morgan fingerprint density at radius 2 is 1.79 bits per heavy atom. The van der Waals surface area contributed by atoms with E-state index in [9.17, 15) is 15.0 Å². The maximum Gasteiger partial charge on any atom is 0.156 e. The molecule has 5 heteroatoms. The highest BCUT2D eigenvalue weighted by atomic mass is 35.5. The van der Waals surface area contributed by atoms with Gasteiger partial charge < -0.3 is 10.2 Å². The number of rotatable bonds is 2. The van der Waals surface area contributed by atoms with Crippen LogP contribution in [0, 0.1) is 0 Å². The van der Waals surface area contributed by atoms with E-state index in [2.05, 4.69) is 0 Å². The Labute approximate surface area is 90.9 Å². The summed E-state index contributed by atoms with van der Waals surface area (Å²) >= 11 is 11.3. The van der Waals surface area contributed by atoms with Gasteiger partial charge in [0.25, 0.3) is 0 Å². The third-order valence-corrected chi connectivity index (χ3v) is 2.71. The smallest absolute Gasteiger partial charge is 0.156 e. The van der Waals surface area contributed by atoms with Gasteiger partial charge in [0.15, 0.2) is 12.0 Å². The molecule has 14 heavy (non-hydrogen) atoms. The Morgan fingerprint density at radius 3 is 2.21 bits per heavy atom. The monoisotopic (exact) mass is 234 g/mol. The van der Waals surface area contributed by atoms with Crippen LogP contribution < -0.4 is 0 Å². The zero-order chi connectivity index (χ0) is 10.9. The van der Waals surface area contributed by atoms with Crippen molar-refractivity contribution in [2.75, 3.05) is 0 Å². The zero-order valence-electron chi connectivity index (χ0n) is 7.34. The number of aromatic hydroxyl groups is 2. The van der Waals surface area contributed by atoms with Crippen molar-refractivity contribution < 1.29 is 15.0 Å². The van der Waals surface area contributed by atoms with Crippen LogP contribution in [-0.4, -0.2) is 16.5 Å². The van der Waals surface area contributed by atoms with Gasteiger partial charge in [-0.15, -0.1) is 0 Å². The van der Waals surface area contributed by atoms with Crippen molar-refractivity contribution in [3.05, 3.63) is 21.2 Å². The highest BCUT2D eigenvalue weighted by molar-refractivity contribution is 6.39. The fourth-order valence-corrected chi connectivity index (χ4v) is 1.78. The summed E-state index contributed by atoms with van der Waals surface area (Å²) in [5.41, 5.74) is 0.418. The van der Waals surface area contributed by atoms with Gasteiger partial charge in [0.05, 0.1) is 10.6 Å². The van der Waals surface area contributed by atoms with Crippen LogP contribution in [-0.2, 0) is 6.42 Å². The summed E-state index contributed by atoms with van der Waals surface area (Å²) in [5.74, 6) is -0.825. The Hall–Kier alpha value is -0.930. The molecular formula is C9H8Cl2O3. The second-order valence-electron chi connectivity index (χ2n) is 2.69. The molecule has 0 aromatic heterocycles. The van der Waals surface area contributed by atoms with Gasteiger partial charge in [0, 0.05) is 0 Å². The number of hydrogen-bond donors (Lipinski definition) is 2. The Bertz CT molecular complexity index is 388. The maximum absolute atomic E-state index is 10.7. The van der Waals surface area contributed by atoms with Crippen molar-refractivity contribution in [3.63, 3.8) is 0 Å². The predicted octanol–water partition coefficient (Wildman–Crippen LogP) is 2.78. The molecule has 0 aliphatic heterocycles. The van der Waals surface area contributed by atoms with E-state index < -0.39 is 11.5 Å². The van der Waals surface area contributed by atoms with E-state index in [1.807, 2.05) is 0 Å². The quantitative estimate of drug-likeness (QED) is 0.775. The average Bonchev–Trinajstić information content (AvgIpc) is 2.20. The average molecular weight is 235 g/mol. The molecule has 0 fully saturated rings. The lowest BCUT2D eigenvalue weighted by Crippen LogP contribution is -1.94. The Kier molecular flexibility index (Phi) is 3.24. The minimum Gasteiger partial charge on any atom is -0.505 e. The molecule has 0 aliphatic rings. The number of halogens is 2. The number of benzene rings is 1. The Balaban J connectivity index is 3.65. The van der Waals surface area contributed by atoms with Gasteiger partial charge in [-0.25, -0.2) is 0 Å². The minimum atomic E-state index is -0.430. The molecule has 1 aromatic rings. The van der Waals surface area contributed by atoms with Crippen LogP contribution in [0.5, 0.6) is 11.5 Å². The molecule has 76 valence electrons. The first-order chi connectivity index (χ1) is 6.54. The van der Waals surface area contributed by atoms with Crippen LogP contribution in [0.1, 0.15) is 22.8 Å². The van der Waals surface area contributed by atoms with Crippen LogP contribution >= 0.6 is 23.2 Å². The van der Waals surface area contributed by atoms with Crippen LogP contribution in [0.4, 0.5) is 0 Å². The van der Waals surface area contributed by atoms with E-state index in [0.29, 0.717) is 18.3 Å². The lowest BCUT2D eigenvalue weighted by molar-refractivity contribution is 0.112.